The van der Waals surface area contributed by atoms with E-state index in [9.17, 15) is 0 Å². The summed E-state index contributed by atoms with van der Waals surface area (Å²) in [5, 5.41) is 0. The van der Waals surface area contributed by atoms with Crippen LogP contribution in [0.3, 0.4) is 0 Å². The van der Waals surface area contributed by atoms with Gasteiger partial charge in [0.25, 0.3) is 0 Å². The molecule has 0 aliphatic carbocycles. The summed E-state index contributed by atoms with van der Waals surface area (Å²) in [7, 11) is 0. The molecule has 0 radical (unpaired) electrons. The summed E-state index contributed by atoms with van der Waals surface area (Å²) in [6.07, 6.45) is 3.81. The molecule has 0 aromatic heterocycles. The van der Waals surface area contributed by atoms with Crippen molar-refractivity contribution in [3.63, 3.8) is 0 Å². The van der Waals surface area contributed by atoms with E-state index in [-0.39, 0.29) is 0 Å². The third-order valence-electron chi connectivity index (χ3n) is 1.38. The fourth-order valence-electron chi connectivity index (χ4n) is 0.829. The van der Waals surface area contributed by atoms with E-state index in [1.165, 1.54) is 0 Å². The molecule has 12 heavy (non-hydrogen) atoms. The van der Waals surface area contributed by atoms with Crippen LogP contribution in [0.1, 0.15) is 12.5 Å². The molecule has 0 nitrogen and oxygen atoms in total. The van der Waals surface area contributed by atoms with Gasteiger partial charge in [0.1, 0.15) is 0 Å². The Kier molecular flexibility index (Phi) is 3.13. The minimum Gasteiger partial charge on any atom is -0.120 e. The van der Waals surface area contributed by atoms with Gasteiger partial charge in [0.2, 0.25) is 0 Å². The van der Waals surface area contributed by atoms with E-state index in [1.54, 1.807) is 0 Å². The minimum atomic E-state index is 1.02. The van der Waals surface area contributed by atoms with Crippen LogP contribution in [0.15, 0.2) is 54.3 Å². The van der Waals surface area contributed by atoms with E-state index >= 15 is 0 Å². The van der Waals surface area contributed by atoms with Crippen molar-refractivity contribution in [1.29, 1.82) is 0 Å². The van der Waals surface area contributed by atoms with Gasteiger partial charge in [0.15, 0.2) is 0 Å². The molecule has 1 rings (SSSR count). The van der Waals surface area contributed by atoms with Gasteiger partial charge in [-0.1, -0.05) is 42.5 Å². The lowest BCUT2D eigenvalue weighted by molar-refractivity contribution is 1.57. The molecule has 0 bridgehead atoms. The maximum atomic E-state index is 3.75. The van der Waals surface area contributed by atoms with Gasteiger partial charge in [-0.05, 0) is 24.6 Å². The third-order valence-corrected chi connectivity index (χ3v) is 1.38. The number of benzene rings is 1. The molecule has 0 saturated carbocycles. The summed E-state index contributed by atoms with van der Waals surface area (Å²) in [5.41, 5.74) is 5.23. The van der Waals surface area contributed by atoms with E-state index in [4.69, 9.17) is 0 Å². The average molecular weight is 156 g/mol. The number of allylic oxidation sites excluding steroid dienone is 2. The minimum absolute atomic E-state index is 1.02. The molecular formula is C12H12. The molecular weight excluding hydrogens is 144 g/mol. The first-order valence-electron chi connectivity index (χ1n) is 3.92. The molecule has 0 aliphatic heterocycles. The molecule has 0 heteroatoms. The van der Waals surface area contributed by atoms with Crippen molar-refractivity contribution >= 4 is 6.08 Å². The summed E-state index contributed by atoms with van der Waals surface area (Å²) in [6, 6.07) is 10.1. The van der Waals surface area contributed by atoms with Gasteiger partial charge in [0.05, 0.1) is 0 Å². The molecule has 60 valence electrons. The third kappa shape index (κ3) is 3.05. The highest BCUT2D eigenvalue weighted by Crippen LogP contribution is 1.99. The van der Waals surface area contributed by atoms with Crippen molar-refractivity contribution in [1.82, 2.24) is 0 Å². The van der Waals surface area contributed by atoms with E-state index in [0.29, 0.717) is 0 Å². The first kappa shape index (κ1) is 8.58. The van der Waals surface area contributed by atoms with Crippen molar-refractivity contribution < 1.29 is 0 Å². The molecule has 0 amide bonds. The Hall–Kier alpha value is -1.52. The monoisotopic (exact) mass is 156 g/mol. The lowest BCUT2D eigenvalue weighted by atomic mass is 10.2. The van der Waals surface area contributed by atoms with Crippen molar-refractivity contribution in [3.8, 4) is 0 Å². The topological polar surface area (TPSA) is 0 Å². The molecule has 0 heterocycles. The van der Waals surface area contributed by atoms with Gasteiger partial charge >= 0.3 is 0 Å². The zero-order chi connectivity index (χ0) is 8.81. The van der Waals surface area contributed by atoms with Crippen molar-refractivity contribution in [2.75, 3.05) is 0 Å². The molecule has 0 N–H and O–H groups in total. The summed E-state index contributed by atoms with van der Waals surface area (Å²) in [6.45, 7) is 5.70. The molecule has 1 aromatic carbocycles. The fraction of sp³-hybridized carbons (Fsp3) is 0.0833. The van der Waals surface area contributed by atoms with Crippen molar-refractivity contribution in [2.24, 2.45) is 0 Å². The van der Waals surface area contributed by atoms with Gasteiger partial charge < -0.3 is 0 Å². The standard InChI is InChI=1S/C12H12/c1-11(2)7-6-10-12-8-4-3-5-9-12/h3-5,7-10H,1H2,2H3. The maximum Gasteiger partial charge on any atom is -0.0127 e. The quantitative estimate of drug-likeness (QED) is 0.454. The fourth-order valence-corrected chi connectivity index (χ4v) is 0.829. The molecule has 0 fully saturated rings. The Morgan fingerprint density at radius 3 is 2.58 bits per heavy atom. The zero-order valence-corrected chi connectivity index (χ0v) is 7.25. The summed E-state index contributed by atoms with van der Waals surface area (Å²) < 4.78 is 0. The van der Waals surface area contributed by atoms with E-state index in [1.807, 2.05) is 49.4 Å². The second-order valence-electron chi connectivity index (χ2n) is 2.71. The highest BCUT2D eigenvalue weighted by Gasteiger charge is 1.78. The highest BCUT2D eigenvalue weighted by atomic mass is 13.8. The van der Waals surface area contributed by atoms with E-state index in [0.717, 1.165) is 11.1 Å². The van der Waals surface area contributed by atoms with Crippen LogP contribution >= 0.6 is 0 Å². The van der Waals surface area contributed by atoms with Gasteiger partial charge in [-0.2, -0.15) is 0 Å². The Labute approximate surface area is 73.6 Å². The van der Waals surface area contributed by atoms with Crippen molar-refractivity contribution in [2.45, 2.75) is 6.92 Å². The Morgan fingerprint density at radius 2 is 2.00 bits per heavy atom. The second-order valence-corrected chi connectivity index (χ2v) is 2.71. The van der Waals surface area contributed by atoms with Crippen LogP contribution in [0.25, 0.3) is 6.08 Å². The first-order valence-corrected chi connectivity index (χ1v) is 3.92. The summed E-state index contributed by atoms with van der Waals surface area (Å²) >= 11 is 0. The van der Waals surface area contributed by atoms with Gasteiger partial charge in [-0.25, -0.2) is 0 Å². The van der Waals surface area contributed by atoms with Crippen molar-refractivity contribution in [3.05, 3.63) is 59.9 Å². The summed E-state index contributed by atoms with van der Waals surface area (Å²) in [5.74, 6) is 0. The molecule has 0 saturated heterocycles. The van der Waals surface area contributed by atoms with Gasteiger partial charge in [-0.15, -0.1) is 5.73 Å². The van der Waals surface area contributed by atoms with Crippen LogP contribution in [-0.4, -0.2) is 0 Å². The smallest absolute Gasteiger partial charge is 0.0127 e. The van der Waals surface area contributed by atoms with Crippen LogP contribution in [0.5, 0.6) is 0 Å². The second kappa shape index (κ2) is 4.38. The Morgan fingerprint density at radius 1 is 1.33 bits per heavy atom. The normalized spacial score (nSPS) is 8.42. The van der Waals surface area contributed by atoms with Crippen LogP contribution < -0.4 is 0 Å². The van der Waals surface area contributed by atoms with E-state index in [2.05, 4.69) is 12.3 Å². The van der Waals surface area contributed by atoms with Gasteiger partial charge in [-0.3, -0.25) is 0 Å². The molecule has 0 aliphatic rings. The summed E-state index contributed by atoms with van der Waals surface area (Å²) in [4.78, 5) is 0. The highest BCUT2D eigenvalue weighted by molar-refractivity contribution is 5.48. The lowest BCUT2D eigenvalue weighted by Gasteiger charge is -1.86. The first-order chi connectivity index (χ1) is 5.79. The van der Waals surface area contributed by atoms with Crippen LogP contribution in [-0.2, 0) is 0 Å². The molecule has 0 spiro atoms. The zero-order valence-electron chi connectivity index (χ0n) is 7.25. The maximum absolute atomic E-state index is 3.75. The lowest BCUT2D eigenvalue weighted by Crippen LogP contribution is -1.65. The Balaban J connectivity index is 2.77. The van der Waals surface area contributed by atoms with Crippen LogP contribution in [0.4, 0.5) is 0 Å². The molecule has 0 atom stereocenters. The average Bonchev–Trinajstić information content (AvgIpc) is 2.05. The number of rotatable bonds is 2. The van der Waals surface area contributed by atoms with Crippen LogP contribution in [0.2, 0.25) is 0 Å². The Bertz CT molecular complexity index is 311. The molecule has 1 aromatic rings. The predicted octanol–water partition coefficient (Wildman–Crippen LogP) is 3.43. The van der Waals surface area contributed by atoms with E-state index < -0.39 is 0 Å². The van der Waals surface area contributed by atoms with Crippen LogP contribution in [0, 0.1) is 0 Å². The SMILES string of the molecule is C=C(C)C=C=Cc1ccccc1. The molecule has 0 unspecified atom stereocenters. The largest absolute Gasteiger partial charge is 0.120 e. The van der Waals surface area contributed by atoms with Gasteiger partial charge in [0, 0.05) is 0 Å². The number of hydrogen-bond acceptors (Lipinski definition) is 0. The predicted molar refractivity (Wildman–Crippen MR) is 53.8 cm³/mol. The number of hydrogen-bond donors (Lipinski definition) is 0.